The minimum Gasteiger partial charge on any atom is -0.463 e. The van der Waals surface area contributed by atoms with E-state index in [0.717, 1.165) is 46.1 Å². The minimum atomic E-state index is -0.480. The van der Waals surface area contributed by atoms with E-state index < -0.39 is 6.04 Å². The SMILES string of the molecule is CCOC(=O)C1=C(C)NC(SCCCc2ccc(N(C)C)cc2)=NC1c1ccc(-c2cccc(C(=O)OCC)c2)cc1. The number of hydrogen-bond donors (Lipinski definition) is 1. The third-order valence-electron chi connectivity index (χ3n) is 6.95. The first-order valence-electron chi connectivity index (χ1n) is 14.3. The summed E-state index contributed by atoms with van der Waals surface area (Å²) < 4.78 is 10.5. The number of nitrogens with one attached hydrogen (secondary N) is 1. The molecule has 0 saturated carbocycles. The van der Waals surface area contributed by atoms with Gasteiger partial charge in [0.05, 0.1) is 24.4 Å². The van der Waals surface area contributed by atoms with E-state index in [1.807, 2.05) is 63.5 Å². The van der Waals surface area contributed by atoms with E-state index in [2.05, 4.69) is 34.5 Å². The van der Waals surface area contributed by atoms with Crippen molar-refractivity contribution in [2.24, 2.45) is 4.99 Å². The Morgan fingerprint density at radius 2 is 1.60 bits per heavy atom. The normalized spacial score (nSPS) is 14.6. The standard InChI is InChI=1S/C34H39N3O4S/c1-6-40-32(38)28-12-8-11-27(22-28)25-15-17-26(18-16-25)31-30(33(39)41-7-2)23(3)35-34(36-31)42-21-9-10-24-13-19-29(20-14-24)37(4)5/h8,11-20,22,31H,6-7,9-10,21H2,1-5H3,(H,35,36). The Labute approximate surface area is 253 Å². The molecule has 8 heteroatoms. The molecule has 7 nitrogen and oxygen atoms in total. The Hall–Kier alpha value is -4.04. The summed E-state index contributed by atoms with van der Waals surface area (Å²) in [6, 6.07) is 23.5. The second-order valence-corrected chi connectivity index (χ2v) is 11.2. The Kier molecular flexibility index (Phi) is 10.8. The number of rotatable bonds is 11. The van der Waals surface area contributed by atoms with Crippen molar-refractivity contribution < 1.29 is 19.1 Å². The Morgan fingerprint density at radius 3 is 2.26 bits per heavy atom. The van der Waals surface area contributed by atoms with E-state index in [-0.39, 0.29) is 11.9 Å². The van der Waals surface area contributed by atoms with Gasteiger partial charge >= 0.3 is 11.9 Å². The topological polar surface area (TPSA) is 80.2 Å². The van der Waals surface area contributed by atoms with Crippen LogP contribution in [-0.2, 0) is 20.7 Å². The zero-order chi connectivity index (χ0) is 30.1. The van der Waals surface area contributed by atoms with Gasteiger partial charge in [0.1, 0.15) is 6.04 Å². The molecule has 1 unspecified atom stereocenters. The molecule has 0 amide bonds. The van der Waals surface area contributed by atoms with Gasteiger partial charge in [0.2, 0.25) is 0 Å². The smallest absolute Gasteiger partial charge is 0.338 e. The van der Waals surface area contributed by atoms with E-state index in [1.54, 1.807) is 31.7 Å². The molecule has 0 aromatic heterocycles. The molecule has 4 rings (SSSR count). The molecule has 1 atom stereocenters. The highest BCUT2D eigenvalue weighted by atomic mass is 32.2. The number of hydrogen-bond acceptors (Lipinski definition) is 8. The Balaban J connectivity index is 1.49. The number of anilines is 1. The lowest BCUT2D eigenvalue weighted by Crippen LogP contribution is -2.30. The number of benzene rings is 3. The van der Waals surface area contributed by atoms with Gasteiger partial charge < -0.3 is 19.7 Å². The molecule has 1 heterocycles. The fourth-order valence-electron chi connectivity index (χ4n) is 4.74. The van der Waals surface area contributed by atoms with E-state index in [9.17, 15) is 9.59 Å². The van der Waals surface area contributed by atoms with E-state index in [1.165, 1.54) is 11.3 Å². The average molecular weight is 586 g/mol. The number of amidine groups is 1. The molecule has 1 N–H and O–H groups in total. The monoisotopic (exact) mass is 585 g/mol. The summed E-state index contributed by atoms with van der Waals surface area (Å²) in [7, 11) is 4.09. The summed E-state index contributed by atoms with van der Waals surface area (Å²) in [5.41, 5.74) is 7.03. The number of aryl methyl sites for hydroxylation is 1. The maximum Gasteiger partial charge on any atom is 0.338 e. The minimum absolute atomic E-state index is 0.291. The molecule has 0 radical (unpaired) electrons. The van der Waals surface area contributed by atoms with Crippen molar-refractivity contribution in [3.63, 3.8) is 0 Å². The van der Waals surface area contributed by atoms with Gasteiger partial charge in [0.15, 0.2) is 5.17 Å². The van der Waals surface area contributed by atoms with E-state index >= 15 is 0 Å². The molecule has 42 heavy (non-hydrogen) atoms. The van der Waals surface area contributed by atoms with Crippen molar-refractivity contribution in [3.8, 4) is 11.1 Å². The van der Waals surface area contributed by atoms with Crippen molar-refractivity contribution in [2.75, 3.05) is 38.0 Å². The molecule has 0 aliphatic carbocycles. The number of thioether (sulfide) groups is 1. The first-order valence-corrected chi connectivity index (χ1v) is 15.3. The van der Waals surface area contributed by atoms with Crippen LogP contribution in [0.15, 0.2) is 89.1 Å². The van der Waals surface area contributed by atoms with Crippen LogP contribution in [-0.4, -0.2) is 50.2 Å². The summed E-state index contributed by atoms with van der Waals surface area (Å²) in [6.07, 6.45) is 1.99. The predicted octanol–water partition coefficient (Wildman–Crippen LogP) is 6.80. The second kappa shape index (κ2) is 14.7. The average Bonchev–Trinajstić information content (AvgIpc) is 2.99. The van der Waals surface area contributed by atoms with Gasteiger partial charge in [0.25, 0.3) is 0 Å². The molecule has 0 spiro atoms. The van der Waals surface area contributed by atoms with Gasteiger partial charge in [-0.15, -0.1) is 0 Å². The highest BCUT2D eigenvalue weighted by Crippen LogP contribution is 2.34. The van der Waals surface area contributed by atoms with Crippen LogP contribution in [0.2, 0.25) is 0 Å². The number of esters is 2. The predicted molar refractivity (Wildman–Crippen MR) is 172 cm³/mol. The number of allylic oxidation sites excluding steroid dienone is 1. The van der Waals surface area contributed by atoms with Gasteiger partial charge in [-0.2, -0.15) is 0 Å². The van der Waals surface area contributed by atoms with Gasteiger partial charge in [-0.05, 0) is 80.1 Å². The molecular weight excluding hydrogens is 546 g/mol. The zero-order valence-electron chi connectivity index (χ0n) is 25.0. The highest BCUT2D eigenvalue weighted by molar-refractivity contribution is 8.13. The van der Waals surface area contributed by atoms with Crippen molar-refractivity contribution in [1.29, 1.82) is 0 Å². The highest BCUT2D eigenvalue weighted by Gasteiger charge is 2.30. The summed E-state index contributed by atoms with van der Waals surface area (Å²) >= 11 is 1.66. The van der Waals surface area contributed by atoms with Crippen LogP contribution in [0.4, 0.5) is 5.69 Å². The molecule has 3 aromatic carbocycles. The lowest BCUT2D eigenvalue weighted by atomic mass is 9.94. The van der Waals surface area contributed by atoms with Gasteiger partial charge in [-0.3, -0.25) is 0 Å². The molecule has 0 fully saturated rings. The Morgan fingerprint density at radius 1 is 0.905 bits per heavy atom. The maximum atomic E-state index is 13.0. The molecule has 1 aliphatic heterocycles. The van der Waals surface area contributed by atoms with Crippen LogP contribution in [0.25, 0.3) is 11.1 Å². The summed E-state index contributed by atoms with van der Waals surface area (Å²) in [6.45, 7) is 6.11. The summed E-state index contributed by atoms with van der Waals surface area (Å²) in [5, 5.41) is 4.12. The van der Waals surface area contributed by atoms with E-state index in [4.69, 9.17) is 14.5 Å². The molecule has 1 aliphatic rings. The van der Waals surface area contributed by atoms with Crippen LogP contribution in [0.5, 0.6) is 0 Å². The lowest BCUT2D eigenvalue weighted by molar-refractivity contribution is -0.138. The van der Waals surface area contributed by atoms with Crippen LogP contribution >= 0.6 is 11.8 Å². The fraction of sp³-hybridized carbons (Fsp3) is 0.324. The third-order valence-corrected chi connectivity index (χ3v) is 7.92. The van der Waals surface area contributed by atoms with Crippen molar-refractivity contribution in [1.82, 2.24) is 5.32 Å². The van der Waals surface area contributed by atoms with Crippen LogP contribution < -0.4 is 10.2 Å². The number of aliphatic imine (C=N–C) groups is 1. The van der Waals surface area contributed by atoms with Gasteiger partial charge in [0, 0.05) is 31.2 Å². The van der Waals surface area contributed by atoms with Crippen LogP contribution in [0.1, 0.15) is 54.7 Å². The summed E-state index contributed by atoms with van der Waals surface area (Å²) in [5.74, 6) is 0.186. The Bertz CT molecular complexity index is 1450. The van der Waals surface area contributed by atoms with Crippen LogP contribution in [0, 0.1) is 0 Å². The summed E-state index contributed by atoms with van der Waals surface area (Å²) in [4.78, 5) is 32.3. The first-order chi connectivity index (χ1) is 20.3. The van der Waals surface area contributed by atoms with Crippen molar-refractivity contribution in [3.05, 3.63) is 101 Å². The fourth-order valence-corrected chi connectivity index (χ4v) is 5.63. The van der Waals surface area contributed by atoms with Crippen molar-refractivity contribution in [2.45, 2.75) is 39.7 Å². The van der Waals surface area contributed by atoms with Gasteiger partial charge in [-0.1, -0.05) is 60.3 Å². The molecule has 3 aromatic rings. The first kappa shape index (κ1) is 30.9. The molecule has 220 valence electrons. The van der Waals surface area contributed by atoms with Crippen molar-refractivity contribution >= 4 is 34.6 Å². The molecule has 0 bridgehead atoms. The third kappa shape index (κ3) is 7.82. The van der Waals surface area contributed by atoms with E-state index in [0.29, 0.717) is 24.4 Å². The lowest BCUT2D eigenvalue weighted by Gasteiger charge is -2.26. The number of ether oxygens (including phenoxy) is 2. The zero-order valence-corrected chi connectivity index (χ0v) is 25.8. The second-order valence-electron chi connectivity index (χ2n) is 10.2. The number of carbonyl (C=O) groups is 2. The maximum absolute atomic E-state index is 13.0. The number of nitrogens with zero attached hydrogens (tertiary/aromatic N) is 2. The number of carbonyl (C=O) groups excluding carboxylic acids is 2. The molecular formula is C34H39N3O4S. The van der Waals surface area contributed by atoms with Gasteiger partial charge in [-0.25, -0.2) is 14.6 Å². The molecule has 0 saturated heterocycles. The van der Waals surface area contributed by atoms with Crippen LogP contribution in [0.3, 0.4) is 0 Å². The largest absolute Gasteiger partial charge is 0.463 e. The quantitative estimate of drug-likeness (QED) is 0.196.